The van der Waals surface area contributed by atoms with E-state index in [1.807, 2.05) is 19.9 Å². The summed E-state index contributed by atoms with van der Waals surface area (Å²) in [5.41, 5.74) is 0. The maximum atomic E-state index is 10.3. The normalized spacial score (nSPS) is 27.4. The summed E-state index contributed by atoms with van der Waals surface area (Å²) in [5.74, 6) is -0.596. The van der Waals surface area contributed by atoms with Crippen LogP contribution in [0, 0.1) is 0 Å². The van der Waals surface area contributed by atoms with Gasteiger partial charge in [-0.15, -0.1) is 6.58 Å². The second-order valence-corrected chi connectivity index (χ2v) is 5.93. The summed E-state index contributed by atoms with van der Waals surface area (Å²) in [6.07, 6.45) is 8.65. The van der Waals surface area contributed by atoms with Crippen molar-refractivity contribution in [1.82, 2.24) is 0 Å². The summed E-state index contributed by atoms with van der Waals surface area (Å²) >= 11 is 0. The Bertz CT molecular complexity index is 263. The first-order chi connectivity index (χ1) is 9.00. The molecule has 0 unspecified atom stereocenters. The molecule has 0 aromatic heterocycles. The van der Waals surface area contributed by atoms with Gasteiger partial charge in [0.25, 0.3) is 0 Å². The molecule has 1 N–H and O–H groups in total. The molecule has 3 atom stereocenters. The first-order valence-corrected chi connectivity index (χ1v) is 7.64. The second-order valence-electron chi connectivity index (χ2n) is 5.93. The Morgan fingerprint density at radius 1 is 1.21 bits per heavy atom. The van der Waals surface area contributed by atoms with Crippen molar-refractivity contribution in [2.24, 2.45) is 0 Å². The van der Waals surface area contributed by atoms with E-state index in [1.54, 1.807) is 0 Å². The molecule has 0 amide bonds. The van der Waals surface area contributed by atoms with E-state index in [0.717, 1.165) is 19.3 Å². The largest absolute Gasteiger partial charge is 0.390 e. The Labute approximate surface area is 118 Å². The van der Waals surface area contributed by atoms with E-state index in [2.05, 4.69) is 13.5 Å². The molecule has 19 heavy (non-hydrogen) atoms. The van der Waals surface area contributed by atoms with E-state index in [0.29, 0.717) is 0 Å². The Hall–Kier alpha value is -0.380. The van der Waals surface area contributed by atoms with Crippen LogP contribution in [0.15, 0.2) is 12.7 Å². The van der Waals surface area contributed by atoms with Crippen molar-refractivity contribution in [1.29, 1.82) is 0 Å². The molecule has 1 aliphatic rings. The first-order valence-electron chi connectivity index (χ1n) is 7.64. The SMILES string of the molecule is C=CC[C@H]1OC(C)(C)O[C@H]1[C@@H](O)CCCCCCC. The molecule has 0 aromatic carbocycles. The molecule has 0 radical (unpaired) electrons. The zero-order valence-corrected chi connectivity index (χ0v) is 12.7. The lowest BCUT2D eigenvalue weighted by Gasteiger charge is -2.22. The maximum Gasteiger partial charge on any atom is 0.163 e. The number of ether oxygens (including phenoxy) is 2. The van der Waals surface area contributed by atoms with Gasteiger partial charge < -0.3 is 14.6 Å². The summed E-state index contributed by atoms with van der Waals surface area (Å²) in [6, 6.07) is 0. The van der Waals surface area contributed by atoms with Crippen LogP contribution in [-0.2, 0) is 9.47 Å². The highest BCUT2D eigenvalue weighted by atomic mass is 16.8. The molecule has 0 aromatic rings. The third kappa shape index (κ3) is 5.64. The van der Waals surface area contributed by atoms with E-state index >= 15 is 0 Å². The summed E-state index contributed by atoms with van der Waals surface area (Å²) in [7, 11) is 0. The highest BCUT2D eigenvalue weighted by Crippen LogP contribution is 2.33. The molecule has 3 nitrogen and oxygen atoms in total. The van der Waals surface area contributed by atoms with Gasteiger partial charge in [-0.1, -0.05) is 45.1 Å². The molecule has 1 rings (SSSR count). The van der Waals surface area contributed by atoms with Gasteiger partial charge in [-0.05, 0) is 26.7 Å². The number of aliphatic hydroxyl groups is 1. The predicted molar refractivity (Wildman–Crippen MR) is 78.0 cm³/mol. The Balaban J connectivity index is 2.36. The maximum absolute atomic E-state index is 10.3. The fraction of sp³-hybridized carbons (Fsp3) is 0.875. The molecule has 1 saturated heterocycles. The smallest absolute Gasteiger partial charge is 0.163 e. The lowest BCUT2D eigenvalue weighted by molar-refractivity contribution is -0.155. The zero-order chi connectivity index (χ0) is 14.3. The van der Waals surface area contributed by atoms with Crippen molar-refractivity contribution in [3.63, 3.8) is 0 Å². The number of hydrogen-bond donors (Lipinski definition) is 1. The quantitative estimate of drug-likeness (QED) is 0.511. The minimum absolute atomic E-state index is 0.0712. The van der Waals surface area contributed by atoms with Crippen LogP contribution in [0.1, 0.15) is 65.7 Å². The summed E-state index contributed by atoms with van der Waals surface area (Å²) in [6.45, 7) is 9.75. The van der Waals surface area contributed by atoms with Crippen molar-refractivity contribution in [3.8, 4) is 0 Å². The molecule has 0 aliphatic carbocycles. The monoisotopic (exact) mass is 270 g/mol. The molecular formula is C16H30O3. The van der Waals surface area contributed by atoms with Crippen LogP contribution in [0.2, 0.25) is 0 Å². The highest BCUT2D eigenvalue weighted by Gasteiger charge is 2.43. The van der Waals surface area contributed by atoms with Crippen molar-refractivity contribution >= 4 is 0 Å². The fourth-order valence-electron chi connectivity index (χ4n) is 2.66. The van der Waals surface area contributed by atoms with Gasteiger partial charge in [-0.2, -0.15) is 0 Å². The van der Waals surface area contributed by atoms with Crippen LogP contribution in [0.4, 0.5) is 0 Å². The topological polar surface area (TPSA) is 38.7 Å². The minimum Gasteiger partial charge on any atom is -0.390 e. The van der Waals surface area contributed by atoms with Crippen LogP contribution in [0.3, 0.4) is 0 Å². The number of unbranched alkanes of at least 4 members (excludes halogenated alkanes) is 4. The average Bonchev–Trinajstić information content (AvgIpc) is 2.65. The van der Waals surface area contributed by atoms with E-state index < -0.39 is 11.9 Å². The minimum atomic E-state index is -0.596. The Morgan fingerprint density at radius 3 is 2.53 bits per heavy atom. The molecule has 1 fully saturated rings. The van der Waals surface area contributed by atoms with E-state index in [9.17, 15) is 5.11 Å². The zero-order valence-electron chi connectivity index (χ0n) is 12.7. The third-order valence-corrected chi connectivity index (χ3v) is 3.60. The van der Waals surface area contributed by atoms with Gasteiger partial charge in [0.2, 0.25) is 0 Å². The van der Waals surface area contributed by atoms with Gasteiger partial charge in [0.1, 0.15) is 6.10 Å². The summed E-state index contributed by atoms with van der Waals surface area (Å²) in [5, 5.41) is 10.3. The first kappa shape index (κ1) is 16.7. The Morgan fingerprint density at radius 2 is 1.89 bits per heavy atom. The third-order valence-electron chi connectivity index (χ3n) is 3.60. The van der Waals surface area contributed by atoms with Crippen molar-refractivity contribution in [2.45, 2.75) is 89.8 Å². The summed E-state index contributed by atoms with van der Waals surface area (Å²) in [4.78, 5) is 0. The number of aliphatic hydroxyl groups excluding tert-OH is 1. The molecule has 112 valence electrons. The summed E-state index contributed by atoms with van der Waals surface area (Å²) < 4.78 is 11.6. The lowest BCUT2D eigenvalue weighted by atomic mass is 9.99. The lowest BCUT2D eigenvalue weighted by Crippen LogP contribution is -2.35. The number of rotatable bonds is 9. The molecule has 0 saturated carbocycles. The van der Waals surface area contributed by atoms with Crippen molar-refractivity contribution in [3.05, 3.63) is 12.7 Å². The van der Waals surface area contributed by atoms with Crippen LogP contribution >= 0.6 is 0 Å². The van der Waals surface area contributed by atoms with Crippen LogP contribution in [0.25, 0.3) is 0 Å². The van der Waals surface area contributed by atoms with Crippen molar-refractivity contribution < 1.29 is 14.6 Å². The molecule has 1 aliphatic heterocycles. The van der Waals surface area contributed by atoms with Crippen molar-refractivity contribution in [2.75, 3.05) is 0 Å². The van der Waals surface area contributed by atoms with Gasteiger partial charge >= 0.3 is 0 Å². The average molecular weight is 270 g/mol. The molecular weight excluding hydrogens is 240 g/mol. The van der Waals surface area contributed by atoms with E-state index in [4.69, 9.17) is 9.47 Å². The predicted octanol–water partition coefficient (Wildman–Crippen LogP) is 3.80. The van der Waals surface area contributed by atoms with E-state index in [-0.39, 0.29) is 12.2 Å². The van der Waals surface area contributed by atoms with Crippen LogP contribution < -0.4 is 0 Å². The van der Waals surface area contributed by atoms with Gasteiger partial charge in [-0.25, -0.2) is 0 Å². The number of hydrogen-bond acceptors (Lipinski definition) is 3. The fourth-order valence-corrected chi connectivity index (χ4v) is 2.66. The molecule has 3 heteroatoms. The molecule has 0 bridgehead atoms. The van der Waals surface area contributed by atoms with Gasteiger partial charge in [0, 0.05) is 0 Å². The standard InChI is InChI=1S/C16H30O3/c1-5-7-8-9-10-12-13(17)15-14(11-6-2)18-16(3,4)19-15/h6,13-15,17H,2,5,7-12H2,1,3-4H3/t13-,14+,15-/m0/s1. The highest BCUT2D eigenvalue weighted by molar-refractivity contribution is 4.90. The van der Waals surface area contributed by atoms with Crippen LogP contribution in [0.5, 0.6) is 0 Å². The molecule has 0 spiro atoms. The Kier molecular flexibility index (Phi) is 7.05. The van der Waals surface area contributed by atoms with Crippen LogP contribution in [-0.4, -0.2) is 29.2 Å². The second kappa shape index (κ2) is 8.03. The van der Waals surface area contributed by atoms with Gasteiger partial charge in [-0.3, -0.25) is 0 Å². The van der Waals surface area contributed by atoms with Gasteiger partial charge in [0.15, 0.2) is 5.79 Å². The van der Waals surface area contributed by atoms with Gasteiger partial charge in [0.05, 0.1) is 12.2 Å². The molecule has 1 heterocycles. The van der Waals surface area contributed by atoms with E-state index in [1.165, 1.54) is 25.7 Å².